The molecule has 5 rings (SSSR count). The molecule has 0 unspecified atom stereocenters. The SMILES string of the molecule is COc1cncc(-c2n[nH]c3ccc(NC(=O)c4c(F)cc5c(cnn5C)c4F)cc23)c1. The van der Waals surface area contributed by atoms with Crippen LogP contribution in [0.2, 0.25) is 0 Å². The summed E-state index contributed by atoms with van der Waals surface area (Å²) in [6.45, 7) is 0. The smallest absolute Gasteiger partial charge is 0.261 e. The first-order chi connectivity index (χ1) is 15.5. The number of carbonyl (C=O) groups excluding carboxylic acids is 1. The van der Waals surface area contributed by atoms with Crippen molar-refractivity contribution in [2.75, 3.05) is 12.4 Å². The van der Waals surface area contributed by atoms with Gasteiger partial charge in [0.15, 0.2) is 0 Å². The second kappa shape index (κ2) is 7.41. The zero-order valence-corrected chi connectivity index (χ0v) is 17.0. The summed E-state index contributed by atoms with van der Waals surface area (Å²) in [6, 6.07) is 7.87. The van der Waals surface area contributed by atoms with Gasteiger partial charge in [-0.3, -0.25) is 19.6 Å². The van der Waals surface area contributed by atoms with Crippen molar-refractivity contribution in [3.8, 4) is 17.0 Å². The van der Waals surface area contributed by atoms with Crippen LogP contribution < -0.4 is 10.1 Å². The Bertz CT molecular complexity index is 1510. The van der Waals surface area contributed by atoms with Gasteiger partial charge in [0, 0.05) is 35.9 Å². The average Bonchev–Trinajstić information content (AvgIpc) is 3.37. The number of H-pyrrole nitrogens is 1. The number of hydrogen-bond donors (Lipinski definition) is 2. The number of ether oxygens (including phenoxy) is 1. The van der Waals surface area contributed by atoms with E-state index in [0.29, 0.717) is 28.1 Å². The van der Waals surface area contributed by atoms with Crippen LogP contribution in [0.4, 0.5) is 14.5 Å². The minimum Gasteiger partial charge on any atom is -0.495 e. The van der Waals surface area contributed by atoms with Gasteiger partial charge in [0.2, 0.25) is 0 Å². The molecule has 1 amide bonds. The molecular weight excluding hydrogens is 418 g/mol. The van der Waals surface area contributed by atoms with E-state index in [1.54, 1.807) is 43.7 Å². The second-order valence-electron chi connectivity index (χ2n) is 7.15. The molecule has 3 heterocycles. The Labute approximate surface area is 179 Å². The minimum atomic E-state index is -0.969. The molecule has 0 radical (unpaired) electrons. The van der Waals surface area contributed by atoms with E-state index >= 15 is 0 Å². The van der Waals surface area contributed by atoms with E-state index in [0.717, 1.165) is 11.6 Å². The third-order valence-electron chi connectivity index (χ3n) is 5.21. The number of hydrogen-bond acceptors (Lipinski definition) is 5. The summed E-state index contributed by atoms with van der Waals surface area (Å²) >= 11 is 0. The van der Waals surface area contributed by atoms with Crippen LogP contribution in [-0.2, 0) is 7.05 Å². The fourth-order valence-electron chi connectivity index (χ4n) is 3.59. The Balaban J connectivity index is 1.52. The van der Waals surface area contributed by atoms with Crippen molar-refractivity contribution in [1.82, 2.24) is 25.0 Å². The number of methoxy groups -OCH3 is 1. The summed E-state index contributed by atoms with van der Waals surface area (Å²) in [6.07, 6.45) is 4.47. The van der Waals surface area contributed by atoms with Gasteiger partial charge in [-0.15, -0.1) is 0 Å². The van der Waals surface area contributed by atoms with Crippen LogP contribution in [0.5, 0.6) is 5.75 Å². The highest BCUT2D eigenvalue weighted by Crippen LogP contribution is 2.30. The number of halogens is 2. The molecule has 0 aliphatic heterocycles. The second-order valence-corrected chi connectivity index (χ2v) is 7.15. The normalized spacial score (nSPS) is 11.2. The first-order valence-corrected chi connectivity index (χ1v) is 9.55. The lowest BCUT2D eigenvalue weighted by Crippen LogP contribution is -2.16. The van der Waals surface area contributed by atoms with Crippen molar-refractivity contribution in [3.63, 3.8) is 0 Å². The predicted octanol–water partition coefficient (Wildman–Crippen LogP) is 4.05. The lowest BCUT2D eigenvalue weighted by Gasteiger charge is -2.09. The first kappa shape index (κ1) is 19.6. The van der Waals surface area contributed by atoms with Crippen LogP contribution in [0.3, 0.4) is 0 Å². The van der Waals surface area contributed by atoms with E-state index < -0.39 is 23.1 Å². The van der Waals surface area contributed by atoms with Crippen LogP contribution in [0, 0.1) is 11.6 Å². The molecule has 2 aromatic carbocycles. The van der Waals surface area contributed by atoms with E-state index in [1.165, 1.54) is 18.0 Å². The van der Waals surface area contributed by atoms with Crippen LogP contribution in [0.1, 0.15) is 10.4 Å². The van der Waals surface area contributed by atoms with Crippen molar-refractivity contribution in [2.24, 2.45) is 7.05 Å². The topological polar surface area (TPSA) is 97.7 Å². The van der Waals surface area contributed by atoms with Crippen molar-refractivity contribution < 1.29 is 18.3 Å². The summed E-state index contributed by atoms with van der Waals surface area (Å²) in [5.74, 6) is -2.26. The molecule has 0 fully saturated rings. The van der Waals surface area contributed by atoms with Gasteiger partial charge in [0.05, 0.1) is 35.9 Å². The van der Waals surface area contributed by atoms with Crippen LogP contribution in [0.15, 0.2) is 48.9 Å². The molecule has 8 nitrogen and oxygen atoms in total. The molecule has 0 atom stereocenters. The third kappa shape index (κ3) is 3.13. The Morgan fingerprint density at radius 3 is 2.78 bits per heavy atom. The lowest BCUT2D eigenvalue weighted by molar-refractivity contribution is 0.101. The van der Waals surface area contributed by atoms with E-state index in [2.05, 4.69) is 25.6 Å². The number of carbonyl (C=O) groups is 1. The fraction of sp³-hybridized carbons (Fsp3) is 0.0909. The molecule has 0 aliphatic carbocycles. The molecule has 0 bridgehead atoms. The molecule has 0 spiro atoms. The molecule has 160 valence electrons. The molecule has 2 N–H and O–H groups in total. The number of aromatic amines is 1. The van der Waals surface area contributed by atoms with E-state index in [4.69, 9.17) is 4.74 Å². The van der Waals surface area contributed by atoms with Crippen molar-refractivity contribution >= 4 is 33.4 Å². The summed E-state index contributed by atoms with van der Waals surface area (Å²) in [5.41, 5.74) is 1.96. The number of amides is 1. The zero-order chi connectivity index (χ0) is 22.4. The summed E-state index contributed by atoms with van der Waals surface area (Å²) in [5, 5.41) is 14.5. The van der Waals surface area contributed by atoms with Gasteiger partial charge in [-0.25, -0.2) is 8.78 Å². The third-order valence-corrected chi connectivity index (χ3v) is 5.21. The van der Waals surface area contributed by atoms with Gasteiger partial charge in [0.25, 0.3) is 5.91 Å². The van der Waals surface area contributed by atoms with Gasteiger partial charge < -0.3 is 10.1 Å². The first-order valence-electron chi connectivity index (χ1n) is 9.55. The maximum Gasteiger partial charge on any atom is 0.261 e. The molecule has 5 aromatic rings. The monoisotopic (exact) mass is 434 g/mol. The summed E-state index contributed by atoms with van der Waals surface area (Å²) < 4.78 is 36.0. The predicted molar refractivity (Wildman–Crippen MR) is 114 cm³/mol. The lowest BCUT2D eigenvalue weighted by atomic mass is 10.1. The average molecular weight is 434 g/mol. The Morgan fingerprint density at radius 2 is 1.97 bits per heavy atom. The molecule has 0 aliphatic rings. The van der Waals surface area contributed by atoms with Crippen LogP contribution in [0.25, 0.3) is 33.1 Å². The van der Waals surface area contributed by atoms with Crippen molar-refractivity contribution in [3.05, 3.63) is 66.1 Å². The highest BCUT2D eigenvalue weighted by molar-refractivity contribution is 6.08. The number of anilines is 1. The number of nitrogens with one attached hydrogen (secondary N) is 2. The number of fused-ring (bicyclic) bond motifs is 2. The van der Waals surface area contributed by atoms with Gasteiger partial charge in [0.1, 0.15) is 28.6 Å². The van der Waals surface area contributed by atoms with Gasteiger partial charge in [-0.05, 0) is 24.3 Å². The van der Waals surface area contributed by atoms with Crippen molar-refractivity contribution in [1.29, 1.82) is 0 Å². The summed E-state index contributed by atoms with van der Waals surface area (Å²) in [4.78, 5) is 16.9. The maximum absolute atomic E-state index is 14.9. The minimum absolute atomic E-state index is 0.0668. The van der Waals surface area contributed by atoms with Crippen molar-refractivity contribution in [2.45, 2.75) is 0 Å². The Hall–Kier alpha value is -4.34. The molecule has 0 saturated carbocycles. The van der Waals surface area contributed by atoms with Gasteiger partial charge in [-0.1, -0.05) is 0 Å². The number of benzene rings is 2. The van der Waals surface area contributed by atoms with E-state index in [-0.39, 0.29) is 10.9 Å². The number of aryl methyl sites for hydroxylation is 1. The molecular formula is C22H16F2N6O2. The quantitative estimate of drug-likeness (QED) is 0.445. The molecule has 32 heavy (non-hydrogen) atoms. The molecule has 10 heteroatoms. The van der Waals surface area contributed by atoms with Gasteiger partial charge >= 0.3 is 0 Å². The number of nitrogens with zero attached hydrogens (tertiary/aromatic N) is 4. The zero-order valence-electron chi connectivity index (χ0n) is 17.0. The highest BCUT2D eigenvalue weighted by Gasteiger charge is 2.22. The number of pyridine rings is 1. The van der Waals surface area contributed by atoms with Crippen LogP contribution in [-0.4, -0.2) is 38.0 Å². The Morgan fingerprint density at radius 1 is 1.12 bits per heavy atom. The number of rotatable bonds is 4. The fourth-order valence-corrected chi connectivity index (χ4v) is 3.59. The summed E-state index contributed by atoms with van der Waals surface area (Å²) in [7, 11) is 3.11. The van der Waals surface area contributed by atoms with Gasteiger partial charge in [-0.2, -0.15) is 10.2 Å². The van der Waals surface area contributed by atoms with E-state index in [9.17, 15) is 13.6 Å². The highest BCUT2D eigenvalue weighted by atomic mass is 19.1. The maximum atomic E-state index is 14.9. The number of aromatic nitrogens is 5. The van der Waals surface area contributed by atoms with Crippen LogP contribution >= 0.6 is 0 Å². The Kier molecular flexibility index (Phi) is 4.54. The largest absolute Gasteiger partial charge is 0.495 e. The standard InChI is InChI=1S/C22H16F2N6O2/c1-30-18-7-16(23)19(20(24)15(18)10-26-30)22(31)27-12-3-4-17-14(6-12)21(29-28-17)11-5-13(32-2)9-25-8-11/h3-10H,1-2H3,(H,27,31)(H,28,29). The van der Waals surface area contributed by atoms with E-state index in [1.807, 2.05) is 0 Å². The molecule has 0 saturated heterocycles. The molecule has 3 aromatic heterocycles.